The standard InChI is InChI=1S/C21H22F3N7OS/c1-11(32)31(5)12-6-14(21(22,23)24)17(26-8-12)27-19-28-18(33-29-19)15-7-13-16(9-25-15)30(4)10-20(13,2)3/h6-9H,10H2,1-5H3,(H,26,27,29). The van der Waals surface area contributed by atoms with Gasteiger partial charge in [0, 0.05) is 33.0 Å². The number of alkyl halides is 3. The Kier molecular flexibility index (Phi) is 5.51. The van der Waals surface area contributed by atoms with Gasteiger partial charge < -0.3 is 15.1 Å². The number of pyridine rings is 2. The number of amides is 1. The smallest absolute Gasteiger partial charge is 0.372 e. The van der Waals surface area contributed by atoms with Crippen molar-refractivity contribution in [3.8, 4) is 10.7 Å². The number of nitrogens with zero attached hydrogens (tertiary/aromatic N) is 6. The molecule has 0 aliphatic carbocycles. The summed E-state index contributed by atoms with van der Waals surface area (Å²) in [5, 5.41) is 3.04. The number of rotatable bonds is 4. The highest BCUT2D eigenvalue weighted by Gasteiger charge is 2.36. The number of hydrogen-bond donors (Lipinski definition) is 1. The van der Waals surface area contributed by atoms with E-state index in [1.54, 1.807) is 6.20 Å². The van der Waals surface area contributed by atoms with Crippen LogP contribution in [0.4, 0.5) is 36.3 Å². The fourth-order valence-electron chi connectivity index (χ4n) is 3.79. The van der Waals surface area contributed by atoms with Crippen molar-refractivity contribution in [2.24, 2.45) is 0 Å². The van der Waals surface area contributed by atoms with Crippen LogP contribution in [0.2, 0.25) is 0 Å². The van der Waals surface area contributed by atoms with Gasteiger partial charge in [-0.25, -0.2) is 4.98 Å². The molecule has 4 rings (SSSR count). The van der Waals surface area contributed by atoms with Crippen molar-refractivity contribution >= 4 is 40.6 Å². The lowest BCUT2D eigenvalue weighted by molar-refractivity contribution is -0.137. The zero-order valence-corrected chi connectivity index (χ0v) is 19.5. The molecule has 0 fully saturated rings. The Labute approximate surface area is 192 Å². The zero-order valence-electron chi connectivity index (χ0n) is 18.7. The number of fused-ring (bicyclic) bond motifs is 1. The molecular weight excluding hydrogens is 455 g/mol. The number of aromatic nitrogens is 4. The van der Waals surface area contributed by atoms with Gasteiger partial charge in [-0.2, -0.15) is 22.5 Å². The minimum atomic E-state index is -4.69. The van der Waals surface area contributed by atoms with E-state index >= 15 is 0 Å². The van der Waals surface area contributed by atoms with Crippen LogP contribution < -0.4 is 15.1 Å². The van der Waals surface area contributed by atoms with Gasteiger partial charge in [0.2, 0.25) is 11.9 Å². The van der Waals surface area contributed by atoms with Crippen LogP contribution in [-0.4, -0.2) is 45.9 Å². The predicted molar refractivity (Wildman–Crippen MR) is 121 cm³/mol. The first-order valence-electron chi connectivity index (χ1n) is 10.0. The topological polar surface area (TPSA) is 87.1 Å². The summed E-state index contributed by atoms with van der Waals surface area (Å²) in [6, 6.07) is 2.82. The summed E-state index contributed by atoms with van der Waals surface area (Å²) >= 11 is 1.03. The number of hydrogen-bond acceptors (Lipinski definition) is 8. The van der Waals surface area contributed by atoms with E-state index in [4.69, 9.17) is 0 Å². The summed E-state index contributed by atoms with van der Waals surface area (Å²) in [4.78, 5) is 27.4. The maximum Gasteiger partial charge on any atom is 0.420 e. The molecule has 0 aromatic carbocycles. The lowest BCUT2D eigenvalue weighted by Crippen LogP contribution is -2.24. The van der Waals surface area contributed by atoms with Gasteiger partial charge in [0.25, 0.3) is 0 Å². The van der Waals surface area contributed by atoms with Gasteiger partial charge in [0.05, 0.1) is 23.8 Å². The van der Waals surface area contributed by atoms with Crippen LogP contribution in [0.5, 0.6) is 0 Å². The number of carbonyl (C=O) groups is 1. The van der Waals surface area contributed by atoms with Crippen LogP contribution in [0.15, 0.2) is 24.5 Å². The van der Waals surface area contributed by atoms with Crippen molar-refractivity contribution in [2.45, 2.75) is 32.4 Å². The summed E-state index contributed by atoms with van der Waals surface area (Å²) in [6.07, 6.45) is -1.73. The van der Waals surface area contributed by atoms with Gasteiger partial charge >= 0.3 is 6.18 Å². The van der Waals surface area contributed by atoms with Crippen LogP contribution in [0.25, 0.3) is 10.7 Å². The Morgan fingerprint density at radius 1 is 1.24 bits per heavy atom. The molecule has 33 heavy (non-hydrogen) atoms. The average molecular weight is 478 g/mol. The first-order valence-corrected chi connectivity index (χ1v) is 10.8. The van der Waals surface area contributed by atoms with Crippen LogP contribution in [0, 0.1) is 0 Å². The molecule has 3 aromatic rings. The van der Waals surface area contributed by atoms with Crippen molar-refractivity contribution in [1.82, 2.24) is 19.3 Å². The van der Waals surface area contributed by atoms with Crippen molar-refractivity contribution in [3.05, 3.63) is 35.7 Å². The number of likely N-dealkylation sites (N-methyl/N-ethyl adjacent to an activating group) is 1. The highest BCUT2D eigenvalue weighted by atomic mass is 32.1. The van der Waals surface area contributed by atoms with E-state index in [1.807, 2.05) is 13.1 Å². The summed E-state index contributed by atoms with van der Waals surface area (Å²) in [5.74, 6) is -0.871. The van der Waals surface area contributed by atoms with E-state index in [0.717, 1.165) is 40.3 Å². The molecule has 1 amide bonds. The molecular formula is C21H22F3N7OS. The van der Waals surface area contributed by atoms with Crippen LogP contribution in [0.1, 0.15) is 31.9 Å². The summed E-state index contributed by atoms with van der Waals surface area (Å²) in [5.41, 5.74) is 1.72. The number of halogens is 3. The number of anilines is 4. The second kappa shape index (κ2) is 7.94. The molecule has 174 valence electrons. The largest absolute Gasteiger partial charge is 0.420 e. The molecule has 1 aliphatic heterocycles. The molecule has 0 bridgehead atoms. The van der Waals surface area contributed by atoms with Crippen molar-refractivity contribution in [2.75, 3.05) is 35.8 Å². The Hall–Kier alpha value is -3.28. The van der Waals surface area contributed by atoms with E-state index in [2.05, 4.69) is 43.4 Å². The van der Waals surface area contributed by atoms with E-state index in [0.29, 0.717) is 10.7 Å². The van der Waals surface area contributed by atoms with Crippen LogP contribution >= 0.6 is 11.5 Å². The second-order valence-electron chi connectivity index (χ2n) is 8.54. The van der Waals surface area contributed by atoms with Gasteiger partial charge in [0.15, 0.2) is 5.01 Å². The van der Waals surface area contributed by atoms with Crippen LogP contribution in [0.3, 0.4) is 0 Å². The first kappa shape index (κ1) is 22.9. The fraction of sp³-hybridized carbons (Fsp3) is 0.381. The molecule has 0 unspecified atom stereocenters. The Balaban J connectivity index is 1.64. The maximum absolute atomic E-state index is 13.7. The molecule has 4 heterocycles. The van der Waals surface area contributed by atoms with Crippen molar-refractivity contribution < 1.29 is 18.0 Å². The Bertz CT molecular complexity index is 1220. The predicted octanol–water partition coefficient (Wildman–Crippen LogP) is 4.47. The van der Waals surface area contributed by atoms with Gasteiger partial charge in [-0.1, -0.05) is 13.8 Å². The molecule has 0 spiro atoms. The van der Waals surface area contributed by atoms with Gasteiger partial charge in [-0.15, -0.1) is 0 Å². The lowest BCUT2D eigenvalue weighted by Gasteiger charge is -2.18. The molecule has 0 radical (unpaired) electrons. The zero-order chi connectivity index (χ0) is 24.1. The molecule has 0 saturated carbocycles. The highest BCUT2D eigenvalue weighted by Crippen LogP contribution is 2.41. The summed E-state index contributed by atoms with van der Waals surface area (Å²) in [7, 11) is 3.39. The van der Waals surface area contributed by atoms with Crippen molar-refractivity contribution in [3.63, 3.8) is 0 Å². The fourth-order valence-corrected chi connectivity index (χ4v) is 4.39. The summed E-state index contributed by atoms with van der Waals surface area (Å²) in [6.45, 7) is 6.40. The molecule has 3 aromatic heterocycles. The van der Waals surface area contributed by atoms with Crippen LogP contribution in [-0.2, 0) is 16.4 Å². The summed E-state index contributed by atoms with van der Waals surface area (Å²) < 4.78 is 45.1. The molecule has 1 aliphatic rings. The SMILES string of the molecule is CC(=O)N(C)c1cnc(Nc2nsc(-c3cc4c(cn3)N(C)CC4(C)C)n2)c(C(F)(F)F)c1. The first-order chi connectivity index (χ1) is 15.4. The van der Waals surface area contributed by atoms with Gasteiger partial charge in [0.1, 0.15) is 17.1 Å². The molecule has 0 saturated heterocycles. The molecule has 12 heteroatoms. The number of carbonyl (C=O) groups excluding carboxylic acids is 1. The number of nitrogens with one attached hydrogen (secondary N) is 1. The van der Waals surface area contributed by atoms with Crippen molar-refractivity contribution in [1.29, 1.82) is 0 Å². The maximum atomic E-state index is 13.7. The third kappa shape index (κ3) is 4.34. The minimum Gasteiger partial charge on any atom is -0.372 e. The second-order valence-corrected chi connectivity index (χ2v) is 9.29. The normalized spacial score (nSPS) is 14.8. The molecule has 1 N–H and O–H groups in total. The molecule has 0 atom stereocenters. The van der Waals surface area contributed by atoms with E-state index < -0.39 is 23.5 Å². The quantitative estimate of drug-likeness (QED) is 0.593. The highest BCUT2D eigenvalue weighted by molar-refractivity contribution is 7.09. The third-order valence-corrected chi connectivity index (χ3v) is 6.31. The molecule has 8 nitrogen and oxygen atoms in total. The van der Waals surface area contributed by atoms with Gasteiger partial charge in [-0.05, 0) is 29.2 Å². The van der Waals surface area contributed by atoms with E-state index in [-0.39, 0.29) is 17.1 Å². The Morgan fingerprint density at radius 3 is 2.64 bits per heavy atom. The Morgan fingerprint density at radius 2 is 1.97 bits per heavy atom. The van der Waals surface area contributed by atoms with E-state index in [9.17, 15) is 18.0 Å². The minimum absolute atomic E-state index is 0.0145. The lowest BCUT2D eigenvalue weighted by atomic mass is 9.87. The third-order valence-electron chi connectivity index (χ3n) is 5.57. The van der Waals surface area contributed by atoms with E-state index in [1.165, 1.54) is 20.2 Å². The average Bonchev–Trinajstić information content (AvgIpc) is 3.28. The monoisotopic (exact) mass is 477 g/mol. The van der Waals surface area contributed by atoms with Gasteiger partial charge in [-0.3, -0.25) is 9.78 Å².